The summed E-state index contributed by atoms with van der Waals surface area (Å²) in [7, 11) is 0. The number of hydrogen-bond acceptors (Lipinski definition) is 3. The van der Waals surface area contributed by atoms with E-state index in [1.165, 1.54) is 18.6 Å². The molecule has 2 unspecified atom stereocenters. The van der Waals surface area contributed by atoms with Crippen LogP contribution in [-0.4, -0.2) is 40.1 Å². The standard InChI is InChI=1S/C20H22FNO4/c21-17-2-1-15(18(23)24)14-3-4-22(10-16(14)17)19(25)20-8-11-5-12(9-20)7-13(6-11)26-20/h1-2,11-13H,3-10H2,(H,23,24). The average Bonchev–Trinajstić information content (AvgIpc) is 2.60. The maximum absolute atomic E-state index is 14.4. The largest absolute Gasteiger partial charge is 0.478 e. The van der Waals surface area contributed by atoms with Gasteiger partial charge in [0.2, 0.25) is 0 Å². The first-order valence-electron chi connectivity index (χ1n) is 9.46. The maximum atomic E-state index is 14.4. The third kappa shape index (κ3) is 2.31. The van der Waals surface area contributed by atoms with Crippen LogP contribution in [0, 0.1) is 17.7 Å². The van der Waals surface area contributed by atoms with Crippen molar-refractivity contribution in [3.63, 3.8) is 0 Å². The Kier molecular flexibility index (Phi) is 3.45. The predicted molar refractivity (Wildman–Crippen MR) is 90.1 cm³/mol. The van der Waals surface area contributed by atoms with E-state index in [0.29, 0.717) is 35.9 Å². The number of carboxylic acids is 1. The quantitative estimate of drug-likeness (QED) is 0.882. The molecule has 5 nitrogen and oxygen atoms in total. The van der Waals surface area contributed by atoms with Crippen LogP contribution in [-0.2, 0) is 22.5 Å². The lowest BCUT2D eigenvalue weighted by atomic mass is 9.61. The van der Waals surface area contributed by atoms with Crippen molar-refractivity contribution >= 4 is 11.9 Å². The van der Waals surface area contributed by atoms with Gasteiger partial charge in [0, 0.05) is 18.7 Å². The third-order valence-corrected chi connectivity index (χ3v) is 6.75. The molecule has 1 aromatic carbocycles. The maximum Gasteiger partial charge on any atom is 0.335 e. The summed E-state index contributed by atoms with van der Waals surface area (Å²) < 4.78 is 20.6. The van der Waals surface area contributed by atoms with E-state index >= 15 is 0 Å². The van der Waals surface area contributed by atoms with Crippen LogP contribution in [0.1, 0.15) is 53.6 Å². The Balaban J connectivity index is 1.44. The molecule has 2 saturated carbocycles. The molecular formula is C20H22FNO4. The number of amides is 1. The van der Waals surface area contributed by atoms with Crippen LogP contribution in [0.15, 0.2) is 12.1 Å². The molecule has 2 saturated heterocycles. The molecule has 6 rings (SSSR count). The zero-order valence-electron chi connectivity index (χ0n) is 14.5. The minimum Gasteiger partial charge on any atom is -0.478 e. The summed E-state index contributed by atoms with van der Waals surface area (Å²) in [5, 5.41) is 9.34. The number of carboxylic acid groups (broad SMARTS) is 1. The number of carbonyl (C=O) groups excluding carboxylic acids is 1. The summed E-state index contributed by atoms with van der Waals surface area (Å²) in [5.74, 6) is -0.378. The highest BCUT2D eigenvalue weighted by atomic mass is 19.1. The lowest BCUT2D eigenvalue weighted by molar-refractivity contribution is -0.226. The van der Waals surface area contributed by atoms with E-state index in [1.807, 2.05) is 0 Å². The SMILES string of the molecule is O=C(O)c1ccc(F)c2c1CCN(C(=O)C13CC4CC(CC(C4)O1)C3)C2. The van der Waals surface area contributed by atoms with E-state index < -0.39 is 17.4 Å². The first kappa shape index (κ1) is 16.2. The lowest BCUT2D eigenvalue weighted by Crippen LogP contribution is -2.62. The Hall–Kier alpha value is -1.95. The van der Waals surface area contributed by atoms with Gasteiger partial charge >= 0.3 is 5.97 Å². The zero-order valence-corrected chi connectivity index (χ0v) is 14.5. The molecule has 3 heterocycles. The Bertz CT molecular complexity index is 770. The van der Waals surface area contributed by atoms with Crippen molar-refractivity contribution in [2.24, 2.45) is 11.8 Å². The van der Waals surface area contributed by atoms with Crippen LogP contribution >= 0.6 is 0 Å². The minimum absolute atomic E-state index is 0.0256. The fourth-order valence-corrected chi connectivity index (χ4v) is 5.89. The molecule has 3 aliphatic heterocycles. The molecule has 0 spiro atoms. The summed E-state index contributed by atoms with van der Waals surface area (Å²) in [6, 6.07) is 2.51. The Morgan fingerprint density at radius 2 is 1.88 bits per heavy atom. The van der Waals surface area contributed by atoms with Crippen LogP contribution in [0.2, 0.25) is 0 Å². The van der Waals surface area contributed by atoms with Gasteiger partial charge in [0.15, 0.2) is 0 Å². The van der Waals surface area contributed by atoms with Gasteiger partial charge in [-0.05, 0) is 68.1 Å². The van der Waals surface area contributed by atoms with E-state index in [-0.39, 0.29) is 24.1 Å². The highest BCUT2D eigenvalue weighted by Crippen LogP contribution is 2.53. The Morgan fingerprint density at radius 1 is 1.15 bits per heavy atom. The summed E-state index contributed by atoms with van der Waals surface area (Å²) in [5.41, 5.74) is 0.273. The molecule has 0 aromatic heterocycles. The summed E-state index contributed by atoms with van der Waals surface area (Å²) >= 11 is 0. The van der Waals surface area contributed by atoms with Gasteiger partial charge in [-0.3, -0.25) is 4.79 Å². The van der Waals surface area contributed by atoms with Crippen molar-refractivity contribution in [1.82, 2.24) is 4.90 Å². The van der Waals surface area contributed by atoms with Gasteiger partial charge < -0.3 is 14.7 Å². The van der Waals surface area contributed by atoms with Crippen LogP contribution < -0.4 is 0 Å². The van der Waals surface area contributed by atoms with Crippen molar-refractivity contribution in [3.05, 3.63) is 34.6 Å². The fourth-order valence-electron chi connectivity index (χ4n) is 5.89. The molecule has 26 heavy (non-hydrogen) atoms. The number of ether oxygens (including phenoxy) is 1. The van der Waals surface area contributed by atoms with E-state index in [0.717, 1.165) is 25.7 Å². The monoisotopic (exact) mass is 359 g/mol. The van der Waals surface area contributed by atoms with E-state index in [1.54, 1.807) is 4.90 Å². The topological polar surface area (TPSA) is 66.8 Å². The van der Waals surface area contributed by atoms with Crippen LogP contribution in [0.25, 0.3) is 0 Å². The molecule has 138 valence electrons. The number of halogens is 1. The molecule has 4 fully saturated rings. The molecule has 2 atom stereocenters. The first-order valence-corrected chi connectivity index (χ1v) is 9.46. The summed E-state index contributed by atoms with van der Waals surface area (Å²) in [6.07, 6.45) is 5.44. The van der Waals surface area contributed by atoms with Gasteiger partial charge in [-0.25, -0.2) is 9.18 Å². The number of hydrogen-bond donors (Lipinski definition) is 1. The smallest absolute Gasteiger partial charge is 0.335 e. The summed E-state index contributed by atoms with van der Waals surface area (Å²) in [4.78, 5) is 26.4. The van der Waals surface area contributed by atoms with Gasteiger partial charge in [0.25, 0.3) is 5.91 Å². The predicted octanol–water partition coefficient (Wildman–Crippen LogP) is 2.76. The number of fused-ring (bicyclic) bond motifs is 1. The molecule has 5 aliphatic rings. The van der Waals surface area contributed by atoms with Gasteiger partial charge in [-0.15, -0.1) is 0 Å². The van der Waals surface area contributed by atoms with Crippen molar-refractivity contribution in [3.8, 4) is 0 Å². The third-order valence-electron chi connectivity index (χ3n) is 6.75. The van der Waals surface area contributed by atoms with Gasteiger partial charge in [-0.1, -0.05) is 0 Å². The second-order valence-corrected chi connectivity index (χ2v) is 8.42. The second kappa shape index (κ2) is 5.52. The molecule has 6 heteroatoms. The Labute approximate surface area is 151 Å². The van der Waals surface area contributed by atoms with Crippen molar-refractivity contribution in [2.45, 2.75) is 56.8 Å². The van der Waals surface area contributed by atoms with Crippen LogP contribution in [0.4, 0.5) is 4.39 Å². The van der Waals surface area contributed by atoms with Gasteiger partial charge in [0.1, 0.15) is 11.4 Å². The fraction of sp³-hybridized carbons (Fsp3) is 0.600. The molecule has 2 aliphatic carbocycles. The highest BCUT2D eigenvalue weighted by molar-refractivity contribution is 5.90. The molecule has 1 N–H and O–H groups in total. The molecule has 4 bridgehead atoms. The second-order valence-electron chi connectivity index (χ2n) is 8.42. The number of carbonyl (C=O) groups is 2. The molecule has 1 amide bonds. The van der Waals surface area contributed by atoms with Crippen LogP contribution in [0.5, 0.6) is 0 Å². The highest BCUT2D eigenvalue weighted by Gasteiger charge is 2.57. The number of benzene rings is 1. The first-order chi connectivity index (χ1) is 12.4. The summed E-state index contributed by atoms with van der Waals surface area (Å²) in [6.45, 7) is 0.549. The van der Waals surface area contributed by atoms with E-state index in [2.05, 4.69) is 0 Å². The van der Waals surface area contributed by atoms with Crippen LogP contribution in [0.3, 0.4) is 0 Å². The zero-order chi connectivity index (χ0) is 18.1. The van der Waals surface area contributed by atoms with Crippen molar-refractivity contribution in [1.29, 1.82) is 0 Å². The molecular weight excluding hydrogens is 337 g/mol. The normalized spacial score (nSPS) is 34.7. The lowest BCUT2D eigenvalue weighted by Gasteiger charge is -2.56. The van der Waals surface area contributed by atoms with Crippen molar-refractivity contribution in [2.75, 3.05) is 6.54 Å². The Morgan fingerprint density at radius 3 is 2.54 bits per heavy atom. The van der Waals surface area contributed by atoms with E-state index in [9.17, 15) is 19.1 Å². The van der Waals surface area contributed by atoms with Gasteiger partial charge in [-0.2, -0.15) is 0 Å². The average molecular weight is 359 g/mol. The minimum atomic E-state index is -1.05. The number of nitrogens with zero attached hydrogens (tertiary/aromatic N) is 1. The van der Waals surface area contributed by atoms with Gasteiger partial charge in [0.05, 0.1) is 11.7 Å². The van der Waals surface area contributed by atoms with E-state index in [4.69, 9.17) is 4.74 Å². The molecule has 1 aromatic rings. The number of rotatable bonds is 2. The molecule has 0 radical (unpaired) electrons. The number of aromatic carboxylic acids is 1. The van der Waals surface area contributed by atoms with Crippen molar-refractivity contribution < 1.29 is 23.8 Å².